The fourth-order valence-electron chi connectivity index (χ4n) is 3.65. The lowest BCUT2D eigenvalue weighted by Crippen LogP contribution is -2.43. The van der Waals surface area contributed by atoms with E-state index in [9.17, 15) is 31.1 Å². The first kappa shape index (κ1) is 23.7. The van der Waals surface area contributed by atoms with Crippen LogP contribution in [0.1, 0.15) is 36.1 Å². The van der Waals surface area contributed by atoms with Crippen LogP contribution in [0.5, 0.6) is 0 Å². The second kappa shape index (κ2) is 7.55. The van der Waals surface area contributed by atoms with Gasteiger partial charge in [0.25, 0.3) is 5.91 Å². The molecule has 33 heavy (non-hydrogen) atoms. The molecule has 0 aliphatic carbocycles. The summed E-state index contributed by atoms with van der Waals surface area (Å²) in [5.74, 6) is -0.941. The Morgan fingerprint density at radius 2 is 1.27 bits per heavy atom. The van der Waals surface area contributed by atoms with E-state index >= 15 is 0 Å². The third-order valence-electron chi connectivity index (χ3n) is 5.18. The Hall–Kier alpha value is -3.99. The monoisotopic (exact) mass is 464 g/mol. The first-order valence-electron chi connectivity index (χ1n) is 9.21. The van der Waals surface area contributed by atoms with Crippen LogP contribution >= 0.6 is 0 Å². The minimum absolute atomic E-state index is 0.128. The number of halogens is 6. The number of amides is 1. The Labute approximate surface area is 184 Å². The van der Waals surface area contributed by atoms with Crippen molar-refractivity contribution in [2.45, 2.75) is 31.7 Å². The SMILES string of the molecule is C=C1N(c2ccc(C#N)c(C(F)(F)F)c2)C(=O)C(C)(C)N1c1ccc(C#N)c(C(F)(F)F)c1. The predicted molar refractivity (Wildman–Crippen MR) is 106 cm³/mol. The van der Waals surface area contributed by atoms with Gasteiger partial charge in [0.2, 0.25) is 0 Å². The van der Waals surface area contributed by atoms with Gasteiger partial charge in [-0.15, -0.1) is 0 Å². The fraction of sp³-hybridized carbons (Fsp3) is 0.227. The first-order valence-corrected chi connectivity index (χ1v) is 9.21. The van der Waals surface area contributed by atoms with Gasteiger partial charge < -0.3 is 4.90 Å². The van der Waals surface area contributed by atoms with Crippen LogP contribution in [0.15, 0.2) is 48.8 Å². The standard InChI is InChI=1S/C22H14F6N4O/c1-12-31(15-6-4-13(10-29)17(8-15)21(23,24)25)19(33)20(2,3)32(12)16-7-5-14(11-30)18(9-16)22(26,27)28/h4-9H,1H2,2-3H3. The summed E-state index contributed by atoms with van der Waals surface area (Å²) in [6, 6.07) is 8.34. The molecule has 170 valence electrons. The summed E-state index contributed by atoms with van der Waals surface area (Å²) in [4.78, 5) is 15.1. The molecule has 5 nitrogen and oxygen atoms in total. The molecule has 1 saturated heterocycles. The minimum atomic E-state index is -4.88. The van der Waals surface area contributed by atoms with Crippen molar-refractivity contribution in [1.82, 2.24) is 0 Å². The number of nitriles is 2. The summed E-state index contributed by atoms with van der Waals surface area (Å²) in [6.07, 6.45) is -9.74. The summed E-state index contributed by atoms with van der Waals surface area (Å²) in [7, 11) is 0. The van der Waals surface area contributed by atoms with Crippen molar-refractivity contribution in [3.63, 3.8) is 0 Å². The van der Waals surface area contributed by atoms with E-state index in [0.29, 0.717) is 12.1 Å². The lowest BCUT2D eigenvalue weighted by atomic mass is 10.0. The van der Waals surface area contributed by atoms with E-state index in [1.807, 2.05) is 0 Å². The van der Waals surface area contributed by atoms with Crippen LogP contribution < -0.4 is 9.80 Å². The van der Waals surface area contributed by atoms with E-state index < -0.39 is 46.1 Å². The van der Waals surface area contributed by atoms with Crippen LogP contribution in [0.2, 0.25) is 0 Å². The van der Waals surface area contributed by atoms with Gasteiger partial charge in [0.15, 0.2) is 0 Å². The molecule has 0 unspecified atom stereocenters. The van der Waals surface area contributed by atoms with Crippen LogP contribution in [0.4, 0.5) is 37.7 Å². The van der Waals surface area contributed by atoms with Crippen molar-refractivity contribution in [2.75, 3.05) is 9.80 Å². The molecule has 1 aliphatic rings. The Kier molecular flexibility index (Phi) is 5.42. The number of anilines is 2. The van der Waals surface area contributed by atoms with E-state index in [-0.39, 0.29) is 17.2 Å². The van der Waals surface area contributed by atoms with Gasteiger partial charge in [-0.25, -0.2) is 0 Å². The Morgan fingerprint density at radius 1 is 0.848 bits per heavy atom. The maximum Gasteiger partial charge on any atom is 0.417 e. The van der Waals surface area contributed by atoms with Crippen LogP contribution in [0.3, 0.4) is 0 Å². The number of rotatable bonds is 2. The number of carbonyl (C=O) groups is 1. The maximum absolute atomic E-state index is 13.4. The minimum Gasteiger partial charge on any atom is -0.313 e. The maximum atomic E-state index is 13.4. The highest BCUT2D eigenvalue weighted by Gasteiger charge is 2.50. The Morgan fingerprint density at radius 3 is 1.70 bits per heavy atom. The molecule has 0 atom stereocenters. The third kappa shape index (κ3) is 3.87. The van der Waals surface area contributed by atoms with Crippen molar-refractivity contribution in [2.24, 2.45) is 0 Å². The molecule has 1 aliphatic heterocycles. The van der Waals surface area contributed by atoms with Crippen molar-refractivity contribution in [3.05, 3.63) is 71.1 Å². The third-order valence-corrected chi connectivity index (χ3v) is 5.18. The predicted octanol–water partition coefficient (Wildman–Crippen LogP) is 5.57. The lowest BCUT2D eigenvalue weighted by molar-refractivity contribution is -0.138. The van der Waals surface area contributed by atoms with Gasteiger partial charge in [0.05, 0.1) is 40.1 Å². The van der Waals surface area contributed by atoms with Gasteiger partial charge in [-0.1, -0.05) is 6.58 Å². The summed E-state index contributed by atoms with van der Waals surface area (Å²) in [5, 5.41) is 18.0. The second-order valence-corrected chi connectivity index (χ2v) is 7.63. The molecule has 0 radical (unpaired) electrons. The van der Waals surface area contributed by atoms with Gasteiger partial charge >= 0.3 is 12.4 Å². The van der Waals surface area contributed by atoms with Gasteiger partial charge in [-0.05, 0) is 50.2 Å². The van der Waals surface area contributed by atoms with Crippen LogP contribution in [-0.2, 0) is 17.1 Å². The molecule has 2 aromatic rings. The molecule has 1 fully saturated rings. The van der Waals surface area contributed by atoms with Gasteiger partial charge in [0, 0.05) is 5.69 Å². The molecule has 0 saturated carbocycles. The quantitative estimate of drug-likeness (QED) is 0.545. The largest absolute Gasteiger partial charge is 0.417 e. The summed E-state index contributed by atoms with van der Waals surface area (Å²) in [5.41, 5.74) is -5.68. The van der Waals surface area contributed by atoms with Crippen molar-refractivity contribution < 1.29 is 31.1 Å². The molecular formula is C22H14F6N4O. The van der Waals surface area contributed by atoms with E-state index in [1.54, 1.807) is 0 Å². The smallest absolute Gasteiger partial charge is 0.313 e. The Balaban J connectivity index is 2.16. The fourth-order valence-corrected chi connectivity index (χ4v) is 3.65. The summed E-state index contributed by atoms with van der Waals surface area (Å²) < 4.78 is 80.5. The van der Waals surface area contributed by atoms with Crippen LogP contribution in [0.25, 0.3) is 0 Å². The zero-order valence-electron chi connectivity index (χ0n) is 17.1. The van der Waals surface area contributed by atoms with E-state index in [4.69, 9.17) is 10.5 Å². The van der Waals surface area contributed by atoms with Crippen LogP contribution in [0, 0.1) is 22.7 Å². The molecule has 0 spiro atoms. The molecule has 0 aromatic heterocycles. The summed E-state index contributed by atoms with van der Waals surface area (Å²) in [6.45, 7) is 6.47. The van der Waals surface area contributed by atoms with Gasteiger partial charge in [-0.2, -0.15) is 36.9 Å². The van der Waals surface area contributed by atoms with Crippen molar-refractivity contribution >= 4 is 17.3 Å². The average molecular weight is 464 g/mol. The number of benzene rings is 2. The van der Waals surface area contributed by atoms with Crippen molar-refractivity contribution in [3.8, 4) is 12.1 Å². The highest BCUT2D eigenvalue weighted by atomic mass is 19.4. The summed E-state index contributed by atoms with van der Waals surface area (Å²) >= 11 is 0. The number of alkyl halides is 6. The molecule has 1 amide bonds. The number of hydrogen-bond acceptors (Lipinski definition) is 4. The number of hydrogen-bond donors (Lipinski definition) is 0. The van der Waals surface area contributed by atoms with Crippen LogP contribution in [-0.4, -0.2) is 11.4 Å². The highest BCUT2D eigenvalue weighted by Crippen LogP contribution is 2.44. The zero-order valence-corrected chi connectivity index (χ0v) is 17.1. The molecule has 0 N–H and O–H groups in total. The molecule has 3 rings (SSSR count). The van der Waals surface area contributed by atoms with Gasteiger partial charge in [-0.3, -0.25) is 9.69 Å². The number of carbonyl (C=O) groups excluding carboxylic acids is 1. The van der Waals surface area contributed by atoms with Crippen molar-refractivity contribution in [1.29, 1.82) is 10.5 Å². The molecule has 0 bridgehead atoms. The molecular weight excluding hydrogens is 450 g/mol. The number of nitrogens with zero attached hydrogens (tertiary/aromatic N) is 4. The normalized spacial score (nSPS) is 16.1. The molecule has 2 aromatic carbocycles. The van der Waals surface area contributed by atoms with Gasteiger partial charge in [0.1, 0.15) is 11.4 Å². The van der Waals surface area contributed by atoms with E-state index in [2.05, 4.69) is 6.58 Å². The van der Waals surface area contributed by atoms with E-state index in [1.165, 1.54) is 32.1 Å². The molecule has 11 heteroatoms. The topological polar surface area (TPSA) is 71.1 Å². The lowest BCUT2D eigenvalue weighted by Gasteiger charge is -2.31. The molecule has 1 heterocycles. The highest BCUT2D eigenvalue weighted by molar-refractivity contribution is 6.09. The van der Waals surface area contributed by atoms with E-state index in [0.717, 1.165) is 28.0 Å². The average Bonchev–Trinajstić information content (AvgIpc) is 2.89. The zero-order chi connectivity index (χ0) is 24.9. The first-order chi connectivity index (χ1) is 15.1. The Bertz CT molecular complexity index is 1250. The second-order valence-electron chi connectivity index (χ2n) is 7.63.